The Balaban J connectivity index is 1.66. The molecule has 3 aromatic carbocycles. The second-order valence-electron chi connectivity index (χ2n) is 7.29. The molecule has 1 amide bonds. The molecule has 0 atom stereocenters. The summed E-state index contributed by atoms with van der Waals surface area (Å²) in [6, 6.07) is 18.8. The van der Waals surface area contributed by atoms with Crippen LogP contribution in [0.1, 0.15) is 0 Å². The smallest absolute Gasteiger partial charge is 0.240 e. The van der Waals surface area contributed by atoms with E-state index in [1.807, 2.05) is 0 Å². The molecule has 4 aromatic rings. The molecule has 174 valence electrons. The number of nitrogens with zero attached hydrogens (tertiary/aromatic N) is 1. The van der Waals surface area contributed by atoms with E-state index in [4.69, 9.17) is 16.3 Å². The van der Waals surface area contributed by atoms with Crippen LogP contribution < -0.4 is 10.1 Å². The Bertz CT molecular complexity index is 1440. The summed E-state index contributed by atoms with van der Waals surface area (Å²) in [5.74, 6) is -1.35. The van der Waals surface area contributed by atoms with Gasteiger partial charge in [-0.1, -0.05) is 41.9 Å². The van der Waals surface area contributed by atoms with Gasteiger partial charge in [-0.25, -0.2) is 17.8 Å². The number of aromatic nitrogens is 2. The minimum atomic E-state index is -4.14. The molecule has 0 aliphatic heterocycles. The monoisotopic (exact) mass is 499 g/mol. The molecular weight excluding hydrogens is 481 g/mol. The third-order valence-corrected chi connectivity index (χ3v) is 6.76. The van der Waals surface area contributed by atoms with E-state index in [2.05, 4.69) is 15.3 Å². The number of imidazole rings is 1. The Morgan fingerprint density at radius 3 is 2.41 bits per heavy atom. The number of ether oxygens (including phenoxy) is 1. The molecule has 2 N–H and O–H groups in total. The lowest BCUT2D eigenvalue weighted by molar-refractivity contribution is -0.113. The van der Waals surface area contributed by atoms with Crippen molar-refractivity contribution in [1.82, 2.24) is 9.97 Å². The molecule has 1 aromatic heterocycles. The highest BCUT2D eigenvalue weighted by Crippen LogP contribution is 2.30. The van der Waals surface area contributed by atoms with Crippen LogP contribution >= 0.6 is 11.6 Å². The van der Waals surface area contributed by atoms with Crippen LogP contribution in [0, 0.1) is 5.82 Å². The topological polar surface area (TPSA) is 101 Å². The fraction of sp³-hybridized carbons (Fsp3) is 0.0833. The first-order valence-electron chi connectivity index (χ1n) is 10.0. The van der Waals surface area contributed by atoms with Gasteiger partial charge in [-0.05, 0) is 42.5 Å². The van der Waals surface area contributed by atoms with Crippen LogP contribution in [0.15, 0.2) is 77.8 Å². The molecule has 0 fully saturated rings. The molecule has 10 heteroatoms. The summed E-state index contributed by atoms with van der Waals surface area (Å²) >= 11 is 6.07. The molecule has 0 bridgehead atoms. The first kappa shape index (κ1) is 23.5. The molecule has 0 spiro atoms. The van der Waals surface area contributed by atoms with Gasteiger partial charge in [0.15, 0.2) is 5.03 Å². The molecule has 0 radical (unpaired) electrons. The van der Waals surface area contributed by atoms with Crippen molar-refractivity contribution >= 4 is 33.0 Å². The number of amides is 1. The van der Waals surface area contributed by atoms with E-state index in [0.717, 1.165) is 0 Å². The van der Waals surface area contributed by atoms with Crippen molar-refractivity contribution in [3.8, 4) is 28.4 Å². The largest absolute Gasteiger partial charge is 0.495 e. The van der Waals surface area contributed by atoms with Crippen molar-refractivity contribution in [3.05, 3.63) is 83.6 Å². The molecule has 34 heavy (non-hydrogen) atoms. The van der Waals surface area contributed by atoms with Crippen LogP contribution in [0.5, 0.6) is 5.75 Å². The van der Waals surface area contributed by atoms with Crippen molar-refractivity contribution in [2.45, 2.75) is 5.03 Å². The minimum absolute atomic E-state index is 0.167. The van der Waals surface area contributed by atoms with E-state index in [9.17, 15) is 17.6 Å². The van der Waals surface area contributed by atoms with Gasteiger partial charge in [-0.15, -0.1) is 0 Å². The molecule has 0 saturated heterocycles. The summed E-state index contributed by atoms with van der Waals surface area (Å²) in [6.45, 7) is 0. The summed E-state index contributed by atoms with van der Waals surface area (Å²) in [6.07, 6.45) is 0. The number of rotatable bonds is 7. The van der Waals surface area contributed by atoms with Crippen LogP contribution in [0.3, 0.4) is 0 Å². The molecule has 4 rings (SSSR count). The van der Waals surface area contributed by atoms with Crippen LogP contribution in [-0.4, -0.2) is 37.2 Å². The van der Waals surface area contributed by atoms with E-state index in [-0.39, 0.29) is 21.6 Å². The number of anilines is 1. The Kier molecular flexibility index (Phi) is 6.67. The maximum Gasteiger partial charge on any atom is 0.240 e. The van der Waals surface area contributed by atoms with Gasteiger partial charge in [0, 0.05) is 16.8 Å². The summed E-state index contributed by atoms with van der Waals surface area (Å²) in [4.78, 5) is 19.8. The fourth-order valence-electron chi connectivity index (χ4n) is 3.30. The van der Waals surface area contributed by atoms with Gasteiger partial charge < -0.3 is 15.0 Å². The van der Waals surface area contributed by atoms with Crippen molar-refractivity contribution in [2.24, 2.45) is 0 Å². The van der Waals surface area contributed by atoms with Crippen molar-refractivity contribution < 1.29 is 22.3 Å². The predicted octanol–water partition coefficient (Wildman–Crippen LogP) is 4.96. The number of sulfone groups is 1. The zero-order valence-electron chi connectivity index (χ0n) is 17.9. The van der Waals surface area contributed by atoms with Gasteiger partial charge in [-0.3, -0.25) is 4.79 Å². The summed E-state index contributed by atoms with van der Waals surface area (Å²) < 4.78 is 44.9. The van der Waals surface area contributed by atoms with Crippen molar-refractivity contribution in [1.29, 1.82) is 0 Å². The van der Waals surface area contributed by atoms with Gasteiger partial charge in [-0.2, -0.15) is 0 Å². The van der Waals surface area contributed by atoms with Gasteiger partial charge in [0.05, 0.1) is 12.1 Å². The lowest BCUT2D eigenvalue weighted by Crippen LogP contribution is -2.23. The fourth-order valence-corrected chi connectivity index (χ4v) is 4.83. The van der Waals surface area contributed by atoms with Crippen LogP contribution in [-0.2, 0) is 14.6 Å². The zero-order valence-corrected chi connectivity index (χ0v) is 19.5. The normalized spacial score (nSPS) is 11.3. The summed E-state index contributed by atoms with van der Waals surface area (Å²) in [5.41, 5.74) is 1.54. The Labute approximate surface area is 200 Å². The number of benzene rings is 3. The lowest BCUT2D eigenvalue weighted by atomic mass is 10.2. The van der Waals surface area contributed by atoms with Crippen LogP contribution in [0.2, 0.25) is 5.02 Å². The quantitative estimate of drug-likeness (QED) is 0.374. The van der Waals surface area contributed by atoms with Crippen molar-refractivity contribution in [3.63, 3.8) is 0 Å². The molecule has 0 unspecified atom stereocenters. The van der Waals surface area contributed by atoms with E-state index in [0.29, 0.717) is 22.6 Å². The Morgan fingerprint density at radius 2 is 1.76 bits per heavy atom. The molecule has 0 aliphatic rings. The number of methoxy groups -OCH3 is 1. The van der Waals surface area contributed by atoms with Gasteiger partial charge in [0.2, 0.25) is 15.7 Å². The minimum Gasteiger partial charge on any atom is -0.495 e. The number of aromatic amines is 1. The molecule has 0 saturated carbocycles. The Morgan fingerprint density at radius 1 is 1.06 bits per heavy atom. The van der Waals surface area contributed by atoms with E-state index >= 15 is 0 Å². The Hall–Kier alpha value is -3.69. The second-order valence-corrected chi connectivity index (χ2v) is 9.63. The average molecular weight is 500 g/mol. The van der Waals surface area contributed by atoms with Crippen molar-refractivity contribution in [2.75, 3.05) is 18.2 Å². The highest BCUT2D eigenvalue weighted by atomic mass is 35.5. The number of halogens is 2. The second kappa shape index (κ2) is 9.66. The number of hydrogen-bond acceptors (Lipinski definition) is 5. The number of carbonyl (C=O) groups excluding carboxylic acids is 1. The number of hydrogen-bond donors (Lipinski definition) is 2. The highest BCUT2D eigenvalue weighted by molar-refractivity contribution is 7.92. The third kappa shape index (κ3) is 5.11. The standard InChI is InChI=1S/C24H19ClFN3O4S/c1-33-20-12-11-18(13-19(20)25)27-21(30)14-34(31,32)24-22(15-5-3-2-4-6-15)28-23(29-24)16-7-9-17(26)10-8-16/h2-13H,14H2,1H3,(H,27,30)(H,28,29). The van der Waals surface area contributed by atoms with Crippen LogP contribution in [0.25, 0.3) is 22.6 Å². The van der Waals surface area contributed by atoms with Crippen LogP contribution in [0.4, 0.5) is 10.1 Å². The van der Waals surface area contributed by atoms with E-state index in [1.54, 1.807) is 42.5 Å². The van der Waals surface area contributed by atoms with E-state index < -0.39 is 27.3 Å². The molecule has 1 heterocycles. The summed E-state index contributed by atoms with van der Waals surface area (Å²) in [7, 11) is -2.68. The van der Waals surface area contributed by atoms with Gasteiger partial charge in [0.25, 0.3) is 0 Å². The molecular formula is C24H19ClFN3O4S. The predicted molar refractivity (Wildman–Crippen MR) is 128 cm³/mol. The van der Waals surface area contributed by atoms with E-state index in [1.165, 1.54) is 37.4 Å². The number of H-pyrrole nitrogens is 1. The van der Waals surface area contributed by atoms with Gasteiger partial charge in [0.1, 0.15) is 28.8 Å². The maximum atomic E-state index is 13.3. The first-order chi connectivity index (χ1) is 16.3. The molecule has 0 aliphatic carbocycles. The highest BCUT2D eigenvalue weighted by Gasteiger charge is 2.27. The molecule has 7 nitrogen and oxygen atoms in total. The number of carbonyl (C=O) groups is 1. The zero-order chi connectivity index (χ0) is 24.3. The average Bonchev–Trinajstić information content (AvgIpc) is 3.26. The maximum absolute atomic E-state index is 13.3. The first-order valence-corrected chi connectivity index (χ1v) is 12.1. The number of nitrogens with one attached hydrogen (secondary N) is 2. The SMILES string of the molecule is COc1ccc(NC(=O)CS(=O)(=O)c2[nH]c(-c3ccc(F)cc3)nc2-c2ccccc2)cc1Cl. The lowest BCUT2D eigenvalue weighted by Gasteiger charge is -2.09. The third-order valence-electron chi connectivity index (χ3n) is 4.90. The van der Waals surface area contributed by atoms with Gasteiger partial charge >= 0.3 is 0 Å². The summed E-state index contributed by atoms with van der Waals surface area (Å²) in [5, 5.41) is 2.59.